The molecule has 0 heterocycles. The summed E-state index contributed by atoms with van der Waals surface area (Å²) in [6, 6.07) is 0. The molecule has 0 aliphatic heterocycles. The summed E-state index contributed by atoms with van der Waals surface area (Å²) in [4.78, 5) is 10.2. The highest BCUT2D eigenvalue weighted by molar-refractivity contribution is 7.80. The van der Waals surface area contributed by atoms with E-state index in [0.29, 0.717) is 12.3 Å². The van der Waals surface area contributed by atoms with Crippen molar-refractivity contribution in [3.8, 4) is 0 Å². The predicted octanol–water partition coefficient (Wildman–Crippen LogP) is 0.415. The van der Waals surface area contributed by atoms with E-state index >= 15 is 0 Å². The van der Waals surface area contributed by atoms with Crippen molar-refractivity contribution in [2.24, 2.45) is 0 Å². The Hall–Kier alpha value is -0.180. The molecule has 0 aliphatic carbocycles. The maximum Gasteiger partial charge on any atom is 0.241 e. The van der Waals surface area contributed by atoms with Crippen LogP contribution in [0.15, 0.2) is 0 Å². The first-order chi connectivity index (χ1) is 3.31. The first-order valence-corrected chi connectivity index (χ1v) is 2.75. The maximum atomic E-state index is 10.2. The fourth-order valence-electron chi connectivity index (χ4n) is 0.191. The first kappa shape index (κ1) is 6.82. The van der Waals surface area contributed by atoms with Gasteiger partial charge in [-0.15, -0.1) is 0 Å². The summed E-state index contributed by atoms with van der Waals surface area (Å²) in [5, 5.41) is 3.47. The van der Waals surface area contributed by atoms with Crippen molar-refractivity contribution in [2.45, 2.75) is 13.3 Å². The van der Waals surface area contributed by atoms with Gasteiger partial charge >= 0.3 is 0 Å². The van der Waals surface area contributed by atoms with Gasteiger partial charge in [0, 0.05) is 6.42 Å². The van der Waals surface area contributed by atoms with Gasteiger partial charge in [0.15, 0.2) is 0 Å². The highest BCUT2D eigenvalue weighted by atomic mass is 32.1. The Bertz CT molecular complexity index is 64.7. The first-order valence-electron chi connectivity index (χ1n) is 2.12. The molecule has 0 aromatic heterocycles. The number of carbonyl (C=O) groups excluding carboxylic acids is 1. The van der Waals surface area contributed by atoms with Crippen molar-refractivity contribution >= 4 is 18.5 Å². The van der Waals surface area contributed by atoms with E-state index in [-0.39, 0.29) is 5.91 Å². The molecule has 0 saturated carbocycles. The second-order valence-electron chi connectivity index (χ2n) is 1.05. The smallest absolute Gasteiger partial charge is 0.241 e. The third-order valence-corrected chi connectivity index (χ3v) is 0.691. The van der Waals surface area contributed by atoms with E-state index in [2.05, 4.69) is 17.9 Å². The number of rotatable bonds is 2. The van der Waals surface area contributed by atoms with E-state index in [9.17, 15) is 4.79 Å². The van der Waals surface area contributed by atoms with E-state index in [1.807, 2.05) is 0 Å². The molecule has 0 unspecified atom stereocenters. The average Bonchev–Trinajstić information content (AvgIpc) is 1.68. The molecule has 2 nitrogen and oxygen atoms in total. The zero-order chi connectivity index (χ0) is 5.70. The molecule has 0 saturated heterocycles. The van der Waals surface area contributed by atoms with E-state index in [4.69, 9.17) is 0 Å². The van der Waals surface area contributed by atoms with Gasteiger partial charge in [0.1, 0.15) is 0 Å². The molecule has 0 N–H and O–H groups in total. The Morgan fingerprint density at radius 3 is 2.57 bits per heavy atom. The number of carbonyl (C=O) groups is 1. The quantitative estimate of drug-likeness (QED) is 0.523. The third-order valence-electron chi connectivity index (χ3n) is 0.550. The molecule has 7 heavy (non-hydrogen) atoms. The fraction of sp³-hybridized carbons (Fsp3) is 0.750. The Morgan fingerprint density at radius 1 is 1.86 bits per heavy atom. The average molecular weight is 118 g/mol. The Morgan fingerprint density at radius 2 is 2.43 bits per heavy atom. The molecular formula is C4H8NOS. The molecule has 1 radical (unpaired) electrons. The Kier molecular flexibility index (Phi) is 3.89. The van der Waals surface area contributed by atoms with Crippen LogP contribution < -0.4 is 5.32 Å². The van der Waals surface area contributed by atoms with E-state index < -0.39 is 0 Å². The second kappa shape index (κ2) is 3.99. The molecule has 0 bridgehead atoms. The minimum atomic E-state index is -0.0741. The lowest BCUT2D eigenvalue weighted by Gasteiger charge is -1.88. The predicted molar refractivity (Wildman–Crippen MR) is 31.3 cm³/mol. The summed E-state index contributed by atoms with van der Waals surface area (Å²) < 4.78 is 0. The van der Waals surface area contributed by atoms with Crippen LogP contribution in [0.2, 0.25) is 0 Å². The van der Waals surface area contributed by atoms with Gasteiger partial charge in [-0.2, -0.15) is 12.6 Å². The van der Waals surface area contributed by atoms with Crippen molar-refractivity contribution in [3.05, 3.63) is 0 Å². The molecule has 0 fully saturated rings. The zero-order valence-electron chi connectivity index (χ0n) is 4.22. The minimum absolute atomic E-state index is 0.0741. The summed E-state index contributed by atoms with van der Waals surface area (Å²) in [7, 11) is 0. The van der Waals surface area contributed by atoms with Gasteiger partial charge in [-0.25, -0.2) is 5.32 Å². The molecular weight excluding hydrogens is 110 g/mol. The van der Waals surface area contributed by atoms with Crippen LogP contribution in [0.5, 0.6) is 0 Å². The topological polar surface area (TPSA) is 31.2 Å². The maximum absolute atomic E-state index is 10.2. The van der Waals surface area contributed by atoms with Crippen molar-refractivity contribution in [3.63, 3.8) is 0 Å². The monoisotopic (exact) mass is 118 g/mol. The molecule has 3 heteroatoms. The van der Waals surface area contributed by atoms with Gasteiger partial charge in [-0.3, -0.25) is 4.79 Å². The van der Waals surface area contributed by atoms with Crippen LogP contribution in [-0.4, -0.2) is 11.8 Å². The van der Waals surface area contributed by atoms with Crippen molar-refractivity contribution in [1.82, 2.24) is 5.32 Å². The lowest BCUT2D eigenvalue weighted by Crippen LogP contribution is -2.11. The number of amides is 1. The number of thiol groups is 1. The van der Waals surface area contributed by atoms with Gasteiger partial charge in [-0.05, 0) is 0 Å². The molecule has 0 aromatic carbocycles. The van der Waals surface area contributed by atoms with E-state index in [1.165, 1.54) is 0 Å². The van der Waals surface area contributed by atoms with Crippen molar-refractivity contribution in [1.29, 1.82) is 0 Å². The van der Waals surface area contributed by atoms with Gasteiger partial charge in [0.05, 0.1) is 5.88 Å². The molecule has 0 aliphatic rings. The number of nitrogens with zero attached hydrogens (tertiary/aromatic N) is 1. The van der Waals surface area contributed by atoms with E-state index in [0.717, 1.165) is 0 Å². The van der Waals surface area contributed by atoms with Crippen LogP contribution in [0.1, 0.15) is 13.3 Å². The summed E-state index contributed by atoms with van der Waals surface area (Å²) in [6.07, 6.45) is 0.487. The summed E-state index contributed by atoms with van der Waals surface area (Å²) in [6.45, 7) is 1.77. The number of hydrogen-bond donors (Lipinski definition) is 1. The van der Waals surface area contributed by atoms with Crippen LogP contribution in [0.25, 0.3) is 0 Å². The fourth-order valence-corrected chi connectivity index (χ4v) is 0.348. The van der Waals surface area contributed by atoms with Gasteiger partial charge < -0.3 is 0 Å². The lowest BCUT2D eigenvalue weighted by molar-refractivity contribution is -0.120. The van der Waals surface area contributed by atoms with Gasteiger partial charge in [0.25, 0.3) is 0 Å². The lowest BCUT2D eigenvalue weighted by atomic mass is 10.5. The minimum Gasteiger partial charge on any atom is -0.273 e. The van der Waals surface area contributed by atoms with Crippen LogP contribution in [0, 0.1) is 0 Å². The van der Waals surface area contributed by atoms with Gasteiger partial charge in [0.2, 0.25) is 5.91 Å². The Balaban J connectivity index is 3.00. The summed E-state index contributed by atoms with van der Waals surface area (Å²) in [5.74, 6) is 0.238. The second-order valence-corrected chi connectivity index (χ2v) is 1.33. The molecule has 1 amide bonds. The summed E-state index contributed by atoms with van der Waals surface area (Å²) >= 11 is 3.73. The van der Waals surface area contributed by atoms with Crippen LogP contribution in [0.3, 0.4) is 0 Å². The molecule has 0 spiro atoms. The Labute approximate surface area is 48.7 Å². The molecule has 0 atom stereocenters. The van der Waals surface area contributed by atoms with Crippen molar-refractivity contribution in [2.75, 3.05) is 5.88 Å². The van der Waals surface area contributed by atoms with Crippen LogP contribution in [-0.2, 0) is 4.79 Å². The highest BCUT2D eigenvalue weighted by Gasteiger charge is 1.91. The SMILES string of the molecule is CCC(=O)[N]CS. The van der Waals surface area contributed by atoms with Crippen LogP contribution in [0.4, 0.5) is 0 Å². The number of hydrogen-bond acceptors (Lipinski definition) is 2. The summed E-state index contributed by atoms with van der Waals surface area (Å²) in [5.41, 5.74) is 0. The third kappa shape index (κ3) is 3.66. The van der Waals surface area contributed by atoms with Crippen LogP contribution >= 0.6 is 12.6 Å². The van der Waals surface area contributed by atoms with Gasteiger partial charge in [-0.1, -0.05) is 6.92 Å². The molecule has 41 valence electrons. The zero-order valence-corrected chi connectivity index (χ0v) is 5.11. The molecule has 0 rings (SSSR count). The highest BCUT2D eigenvalue weighted by Crippen LogP contribution is 1.76. The van der Waals surface area contributed by atoms with E-state index in [1.54, 1.807) is 6.92 Å². The standard InChI is InChI=1S/C4H8NOS/c1-2-4(6)5-3-7/h7H,2-3H2,1H3. The normalized spacial score (nSPS) is 8.29. The largest absolute Gasteiger partial charge is 0.273 e. The van der Waals surface area contributed by atoms with Crippen molar-refractivity contribution < 1.29 is 4.79 Å². The molecule has 0 aromatic rings.